The van der Waals surface area contributed by atoms with Gasteiger partial charge in [0.05, 0.1) is 6.21 Å². The zero-order chi connectivity index (χ0) is 20.5. The van der Waals surface area contributed by atoms with Crippen molar-refractivity contribution in [2.75, 3.05) is 6.79 Å². The maximum absolute atomic E-state index is 13.0. The number of ether oxygens (including phenoxy) is 2. The third kappa shape index (κ3) is 3.28. The van der Waals surface area contributed by atoms with Crippen LogP contribution in [-0.2, 0) is 0 Å². The summed E-state index contributed by atoms with van der Waals surface area (Å²) in [6.45, 7) is 2.26. The van der Waals surface area contributed by atoms with E-state index in [9.17, 15) is 4.79 Å². The van der Waals surface area contributed by atoms with E-state index in [-0.39, 0.29) is 12.7 Å². The number of carbonyl (C=O) groups is 1. The van der Waals surface area contributed by atoms with Crippen molar-refractivity contribution in [1.82, 2.24) is 10.4 Å². The molecule has 1 aliphatic rings. The SMILES string of the molecule is Cc1ccc2[nH]c(C(=O)N/N=C\c3ccc4c(c3)OCO4)c(-c3ccccc3)c2c1. The Kier molecular flexibility index (Phi) is 4.44. The fourth-order valence-electron chi connectivity index (χ4n) is 3.60. The summed E-state index contributed by atoms with van der Waals surface area (Å²) in [5.74, 6) is 1.07. The van der Waals surface area contributed by atoms with E-state index in [4.69, 9.17) is 9.47 Å². The fraction of sp³-hybridized carbons (Fsp3) is 0.0833. The van der Waals surface area contributed by atoms with Crippen LogP contribution in [0.25, 0.3) is 22.0 Å². The second-order valence-electron chi connectivity index (χ2n) is 7.10. The van der Waals surface area contributed by atoms with Crippen molar-refractivity contribution in [3.63, 3.8) is 0 Å². The first kappa shape index (κ1) is 18.0. The number of amides is 1. The van der Waals surface area contributed by atoms with Crippen molar-refractivity contribution < 1.29 is 14.3 Å². The van der Waals surface area contributed by atoms with Crippen LogP contribution in [0.5, 0.6) is 11.5 Å². The Morgan fingerprint density at radius 1 is 1.03 bits per heavy atom. The van der Waals surface area contributed by atoms with Gasteiger partial charge in [-0.05, 0) is 48.4 Å². The minimum atomic E-state index is -0.306. The van der Waals surface area contributed by atoms with Crippen molar-refractivity contribution in [2.24, 2.45) is 5.10 Å². The van der Waals surface area contributed by atoms with Crippen LogP contribution in [0.2, 0.25) is 0 Å². The molecule has 6 heteroatoms. The number of benzene rings is 3. The van der Waals surface area contributed by atoms with Gasteiger partial charge in [0.2, 0.25) is 6.79 Å². The van der Waals surface area contributed by atoms with Gasteiger partial charge in [0.25, 0.3) is 5.91 Å². The molecule has 1 aliphatic heterocycles. The molecule has 0 spiro atoms. The van der Waals surface area contributed by atoms with Crippen LogP contribution < -0.4 is 14.9 Å². The number of aryl methyl sites for hydroxylation is 1. The average Bonchev–Trinajstić information content (AvgIpc) is 3.38. The van der Waals surface area contributed by atoms with E-state index in [2.05, 4.69) is 21.6 Å². The standard InChI is InChI=1S/C24H19N3O3/c1-15-7-9-19-18(11-15)22(17-5-3-2-4-6-17)23(26-19)24(28)27-25-13-16-8-10-20-21(12-16)30-14-29-20/h2-13,26H,14H2,1H3,(H,27,28)/b25-13-. The molecule has 0 radical (unpaired) electrons. The third-order valence-electron chi connectivity index (χ3n) is 5.02. The highest BCUT2D eigenvalue weighted by Gasteiger charge is 2.19. The van der Waals surface area contributed by atoms with Crippen LogP contribution in [0.1, 0.15) is 21.6 Å². The van der Waals surface area contributed by atoms with Gasteiger partial charge in [0.15, 0.2) is 11.5 Å². The highest BCUT2D eigenvalue weighted by molar-refractivity contribution is 6.10. The Labute approximate surface area is 173 Å². The lowest BCUT2D eigenvalue weighted by atomic mass is 10.0. The van der Waals surface area contributed by atoms with E-state index < -0.39 is 0 Å². The van der Waals surface area contributed by atoms with Gasteiger partial charge in [-0.1, -0.05) is 42.0 Å². The zero-order valence-corrected chi connectivity index (χ0v) is 16.3. The van der Waals surface area contributed by atoms with Gasteiger partial charge >= 0.3 is 0 Å². The number of nitrogens with zero attached hydrogens (tertiary/aromatic N) is 1. The molecule has 148 valence electrons. The number of nitrogens with one attached hydrogen (secondary N) is 2. The molecule has 30 heavy (non-hydrogen) atoms. The first-order valence-electron chi connectivity index (χ1n) is 9.60. The van der Waals surface area contributed by atoms with Crippen LogP contribution in [-0.4, -0.2) is 23.9 Å². The van der Waals surface area contributed by atoms with Gasteiger partial charge in [-0.3, -0.25) is 4.79 Å². The Morgan fingerprint density at radius 3 is 2.73 bits per heavy atom. The molecule has 4 aromatic rings. The smallest absolute Gasteiger partial charge is 0.288 e. The Bertz CT molecular complexity index is 1280. The summed E-state index contributed by atoms with van der Waals surface area (Å²) in [5.41, 5.74) is 7.78. The predicted octanol–water partition coefficient (Wildman–Crippen LogP) is 4.64. The van der Waals surface area contributed by atoms with Crippen molar-refractivity contribution >= 4 is 23.0 Å². The second kappa shape index (κ2) is 7.40. The Hall–Kier alpha value is -4.06. The molecule has 1 amide bonds. The van der Waals surface area contributed by atoms with Crippen LogP contribution in [0, 0.1) is 6.92 Å². The van der Waals surface area contributed by atoms with Gasteiger partial charge in [-0.2, -0.15) is 5.10 Å². The van der Waals surface area contributed by atoms with E-state index in [1.54, 1.807) is 6.21 Å². The van der Waals surface area contributed by atoms with Crippen LogP contribution in [0.3, 0.4) is 0 Å². The maximum atomic E-state index is 13.0. The van der Waals surface area contributed by atoms with E-state index in [1.807, 2.05) is 67.6 Å². The molecular weight excluding hydrogens is 378 g/mol. The van der Waals surface area contributed by atoms with Crippen molar-refractivity contribution in [2.45, 2.75) is 6.92 Å². The minimum absolute atomic E-state index is 0.217. The molecule has 0 atom stereocenters. The van der Waals surface area contributed by atoms with E-state index in [1.165, 1.54) is 0 Å². The molecule has 6 nitrogen and oxygen atoms in total. The number of fused-ring (bicyclic) bond motifs is 2. The lowest BCUT2D eigenvalue weighted by molar-refractivity contribution is 0.0951. The zero-order valence-electron chi connectivity index (χ0n) is 16.3. The van der Waals surface area contributed by atoms with E-state index in [0.29, 0.717) is 17.2 Å². The topological polar surface area (TPSA) is 75.7 Å². The summed E-state index contributed by atoms with van der Waals surface area (Å²) >= 11 is 0. The number of hydrogen-bond donors (Lipinski definition) is 2. The quantitative estimate of drug-likeness (QED) is 0.389. The monoisotopic (exact) mass is 397 g/mol. The van der Waals surface area contributed by atoms with E-state index in [0.717, 1.165) is 33.2 Å². The van der Waals surface area contributed by atoms with Crippen molar-refractivity contribution in [1.29, 1.82) is 0 Å². The molecule has 0 aliphatic carbocycles. The lowest BCUT2D eigenvalue weighted by Crippen LogP contribution is -2.18. The summed E-state index contributed by atoms with van der Waals surface area (Å²) < 4.78 is 10.7. The maximum Gasteiger partial charge on any atom is 0.288 e. The number of aromatic nitrogens is 1. The first-order valence-corrected chi connectivity index (χ1v) is 9.60. The summed E-state index contributed by atoms with van der Waals surface area (Å²) in [6, 6.07) is 21.5. The molecular formula is C24H19N3O3. The third-order valence-corrected chi connectivity index (χ3v) is 5.02. The number of carbonyl (C=O) groups excluding carboxylic acids is 1. The normalized spacial score (nSPS) is 12.6. The molecule has 0 fully saturated rings. The summed E-state index contributed by atoms with van der Waals surface area (Å²) in [5, 5.41) is 5.13. The summed E-state index contributed by atoms with van der Waals surface area (Å²) in [7, 11) is 0. The second-order valence-corrected chi connectivity index (χ2v) is 7.10. The molecule has 0 unspecified atom stereocenters. The van der Waals surface area contributed by atoms with Crippen LogP contribution in [0.4, 0.5) is 0 Å². The minimum Gasteiger partial charge on any atom is -0.454 e. The van der Waals surface area contributed by atoms with Gasteiger partial charge < -0.3 is 14.5 Å². The number of aromatic amines is 1. The molecule has 3 aromatic carbocycles. The predicted molar refractivity (Wildman–Crippen MR) is 116 cm³/mol. The molecule has 0 bridgehead atoms. The largest absolute Gasteiger partial charge is 0.454 e. The van der Waals surface area contributed by atoms with Crippen molar-refractivity contribution in [3.05, 3.63) is 83.6 Å². The summed E-state index contributed by atoms with van der Waals surface area (Å²) in [6.07, 6.45) is 1.58. The van der Waals surface area contributed by atoms with Gasteiger partial charge in [0, 0.05) is 16.5 Å². The summed E-state index contributed by atoms with van der Waals surface area (Å²) in [4.78, 5) is 16.2. The number of hydrogen-bond acceptors (Lipinski definition) is 4. The van der Waals surface area contributed by atoms with Gasteiger partial charge in [0.1, 0.15) is 5.69 Å². The Morgan fingerprint density at radius 2 is 1.87 bits per heavy atom. The molecule has 2 N–H and O–H groups in total. The number of rotatable bonds is 4. The van der Waals surface area contributed by atoms with Crippen LogP contribution >= 0.6 is 0 Å². The van der Waals surface area contributed by atoms with Gasteiger partial charge in [-0.15, -0.1) is 0 Å². The molecule has 2 heterocycles. The molecule has 5 rings (SSSR count). The van der Waals surface area contributed by atoms with Crippen LogP contribution in [0.15, 0.2) is 71.8 Å². The molecule has 1 aromatic heterocycles. The average molecular weight is 397 g/mol. The molecule has 0 saturated heterocycles. The highest BCUT2D eigenvalue weighted by Crippen LogP contribution is 2.33. The number of H-pyrrole nitrogens is 1. The highest BCUT2D eigenvalue weighted by atomic mass is 16.7. The fourth-order valence-corrected chi connectivity index (χ4v) is 3.60. The van der Waals surface area contributed by atoms with E-state index >= 15 is 0 Å². The Balaban J connectivity index is 1.46. The first-order chi connectivity index (χ1) is 14.7. The van der Waals surface area contributed by atoms with Crippen molar-refractivity contribution in [3.8, 4) is 22.6 Å². The van der Waals surface area contributed by atoms with Gasteiger partial charge in [-0.25, -0.2) is 5.43 Å². The number of hydrazone groups is 1. The molecule has 0 saturated carbocycles. The lowest BCUT2D eigenvalue weighted by Gasteiger charge is -2.05.